The van der Waals surface area contributed by atoms with Crippen molar-refractivity contribution in [2.24, 2.45) is 0 Å². The molecule has 224 valence electrons. The molecular formula is C24H24Cl6O9P-3. The third-order valence-electron chi connectivity index (χ3n) is 3.73. The van der Waals surface area contributed by atoms with Crippen LogP contribution in [-0.2, 0) is 0 Å². The molecule has 3 N–H and O–H groups in total. The Balaban J connectivity index is 0.000000534. The fourth-order valence-electron chi connectivity index (χ4n) is 2.24. The summed E-state index contributed by atoms with van der Waals surface area (Å²) in [5.41, 5.74) is 0. The predicted octanol–water partition coefficient (Wildman–Crippen LogP) is 4.39. The Hall–Kier alpha value is -1.01. The van der Waals surface area contributed by atoms with Gasteiger partial charge in [0.1, 0.15) is 37.1 Å². The maximum Gasteiger partial charge on any atom is 0.138 e. The van der Waals surface area contributed by atoms with Crippen LogP contribution in [0.1, 0.15) is 0 Å². The van der Waals surface area contributed by atoms with Crippen LogP contribution in [0.15, 0.2) is 54.6 Å². The number of halogens is 6. The summed E-state index contributed by atoms with van der Waals surface area (Å²) in [6, 6.07) is 14.8. The molecule has 0 fully saturated rings. The summed E-state index contributed by atoms with van der Waals surface area (Å²) in [6.45, 7) is 0.626. The van der Waals surface area contributed by atoms with Crippen LogP contribution in [0.25, 0.3) is 0 Å². The number of hydrogen-bond donors (Lipinski definition) is 3. The molecule has 0 spiro atoms. The Bertz CT molecular complexity index is 978. The van der Waals surface area contributed by atoms with Crippen LogP contribution in [0, 0.1) is 0 Å². The van der Waals surface area contributed by atoms with Crippen molar-refractivity contribution in [2.75, 3.05) is 39.6 Å². The molecule has 3 aromatic rings. The van der Waals surface area contributed by atoms with E-state index in [2.05, 4.69) is 0 Å². The summed E-state index contributed by atoms with van der Waals surface area (Å²) >= 11 is 34.3. The lowest BCUT2D eigenvalue weighted by Gasteiger charge is -2.39. The molecule has 16 heteroatoms. The van der Waals surface area contributed by atoms with Crippen LogP contribution in [0.3, 0.4) is 0 Å². The molecule has 0 radical (unpaired) electrons. The highest BCUT2D eigenvalue weighted by Crippen LogP contribution is 2.29. The maximum atomic E-state index is 8.48. The molecule has 3 rings (SSSR count). The quantitative estimate of drug-likeness (QED) is 0.276. The molecule has 0 bridgehead atoms. The van der Waals surface area contributed by atoms with E-state index in [1.165, 1.54) is 0 Å². The van der Waals surface area contributed by atoms with E-state index in [9.17, 15) is 0 Å². The predicted molar refractivity (Wildman–Crippen MR) is 154 cm³/mol. The van der Waals surface area contributed by atoms with Gasteiger partial charge in [-0.25, -0.2) is 0 Å². The zero-order chi connectivity index (χ0) is 30.5. The summed E-state index contributed by atoms with van der Waals surface area (Å²) in [5.74, 6) is 1.61. The zero-order valence-electron chi connectivity index (χ0n) is 20.4. The van der Waals surface area contributed by atoms with Crippen LogP contribution < -0.4 is 28.9 Å². The van der Waals surface area contributed by atoms with E-state index in [0.29, 0.717) is 47.4 Å². The maximum absolute atomic E-state index is 8.48. The van der Waals surface area contributed by atoms with Gasteiger partial charge in [0, 0.05) is 15.1 Å². The van der Waals surface area contributed by atoms with Crippen molar-refractivity contribution in [3.8, 4) is 17.2 Å². The topological polar surface area (TPSA) is 158 Å². The lowest BCUT2D eigenvalue weighted by Crippen LogP contribution is -2.18. The van der Waals surface area contributed by atoms with Gasteiger partial charge in [0.25, 0.3) is 0 Å². The van der Waals surface area contributed by atoms with Gasteiger partial charge >= 0.3 is 0 Å². The summed E-state index contributed by atoms with van der Waals surface area (Å²) in [7, 11) is -3.37. The number of aliphatic hydroxyl groups excluding tert-OH is 3. The first kappa shape index (κ1) is 39.0. The summed E-state index contributed by atoms with van der Waals surface area (Å²) in [6.07, 6.45) is 0. The molecule has 0 heterocycles. The molecule has 9 nitrogen and oxygen atoms in total. The average molecular weight is 700 g/mol. The molecule has 3 aromatic carbocycles. The van der Waals surface area contributed by atoms with Crippen LogP contribution >= 0.6 is 78.2 Å². The highest BCUT2D eigenvalue weighted by Gasteiger charge is 2.02. The summed E-state index contributed by atoms with van der Waals surface area (Å²) < 4.78 is 15.3. The Kier molecular flexibility index (Phi) is 22.9. The molecule has 0 aliphatic heterocycles. The van der Waals surface area contributed by atoms with Gasteiger partial charge in [-0.15, -0.1) is 0 Å². The van der Waals surface area contributed by atoms with Crippen molar-refractivity contribution < 1.29 is 44.2 Å². The number of aliphatic hydroxyl groups is 3. The van der Waals surface area contributed by atoms with E-state index in [1.54, 1.807) is 54.6 Å². The molecule has 0 atom stereocenters. The molecular weight excluding hydrogens is 676 g/mol. The van der Waals surface area contributed by atoms with E-state index in [-0.39, 0.29) is 39.6 Å². The van der Waals surface area contributed by atoms with Crippen molar-refractivity contribution in [1.29, 1.82) is 0 Å². The summed E-state index contributed by atoms with van der Waals surface area (Å²) in [5, 5.41) is 28.5. The number of rotatable bonds is 9. The SMILES string of the molecule is OCCOc1ccc(Cl)cc1Cl.OCCOc1ccc(Cl)cc1Cl.OCCOc1ccc(Cl)cc1Cl.[O-]P([O-])[O-]. The molecule has 0 amide bonds. The Morgan fingerprint density at radius 3 is 0.900 bits per heavy atom. The first-order valence-electron chi connectivity index (χ1n) is 10.8. The zero-order valence-corrected chi connectivity index (χ0v) is 25.9. The van der Waals surface area contributed by atoms with Gasteiger partial charge in [-0.3, -0.25) is 0 Å². The molecule has 0 aliphatic carbocycles. The fraction of sp³-hybridized carbons (Fsp3) is 0.250. The van der Waals surface area contributed by atoms with E-state index >= 15 is 0 Å². The van der Waals surface area contributed by atoms with Gasteiger partial charge in [-0.05, 0) is 54.6 Å². The van der Waals surface area contributed by atoms with Crippen LogP contribution in [-0.4, -0.2) is 55.0 Å². The summed E-state index contributed by atoms with van der Waals surface area (Å²) in [4.78, 5) is 25.4. The minimum Gasteiger partial charge on any atom is -0.854 e. The van der Waals surface area contributed by atoms with Crippen LogP contribution in [0.2, 0.25) is 30.1 Å². The number of ether oxygens (including phenoxy) is 3. The van der Waals surface area contributed by atoms with Gasteiger partial charge in [0.05, 0.1) is 34.9 Å². The van der Waals surface area contributed by atoms with Crippen molar-refractivity contribution in [1.82, 2.24) is 0 Å². The van der Waals surface area contributed by atoms with Gasteiger partial charge in [0.15, 0.2) is 0 Å². The van der Waals surface area contributed by atoms with E-state index in [4.69, 9.17) is 114 Å². The van der Waals surface area contributed by atoms with Gasteiger partial charge in [0.2, 0.25) is 0 Å². The van der Waals surface area contributed by atoms with Crippen LogP contribution in [0.4, 0.5) is 0 Å². The van der Waals surface area contributed by atoms with E-state index < -0.39 is 8.60 Å². The van der Waals surface area contributed by atoms with E-state index in [0.717, 1.165) is 0 Å². The third kappa shape index (κ3) is 19.2. The second-order valence-corrected chi connectivity index (χ2v) is 9.64. The smallest absolute Gasteiger partial charge is 0.138 e. The highest BCUT2D eigenvalue weighted by atomic mass is 35.5. The van der Waals surface area contributed by atoms with Crippen molar-refractivity contribution >= 4 is 78.2 Å². The first-order chi connectivity index (χ1) is 18.9. The Morgan fingerprint density at radius 2 is 0.725 bits per heavy atom. The second-order valence-electron chi connectivity index (χ2n) is 6.66. The standard InChI is InChI=1S/3C8H8Cl2O2.O3P/c3*9-6-1-2-8(7(10)5-6)12-4-3-11;1-4(2)3/h3*1-2,5,11H,3-4H2;/q;;;-3. The lowest BCUT2D eigenvalue weighted by atomic mass is 10.3. The molecule has 0 saturated heterocycles. The molecule has 0 aliphatic rings. The molecule has 40 heavy (non-hydrogen) atoms. The highest BCUT2D eigenvalue weighted by molar-refractivity contribution is 7.33. The average Bonchev–Trinajstić information content (AvgIpc) is 2.88. The minimum absolute atomic E-state index is 0.0288. The molecule has 0 saturated carbocycles. The Labute approximate surface area is 262 Å². The van der Waals surface area contributed by atoms with Gasteiger partial charge in [-0.2, -0.15) is 0 Å². The first-order valence-corrected chi connectivity index (χ1v) is 14.2. The third-order valence-corrected chi connectivity index (χ3v) is 5.32. The number of benzene rings is 3. The van der Waals surface area contributed by atoms with Gasteiger partial charge in [-0.1, -0.05) is 69.6 Å². The van der Waals surface area contributed by atoms with Gasteiger partial charge < -0.3 is 52.8 Å². The molecule has 0 aromatic heterocycles. The largest absolute Gasteiger partial charge is 0.854 e. The fourth-order valence-corrected chi connectivity index (χ4v) is 3.63. The Morgan fingerprint density at radius 1 is 0.500 bits per heavy atom. The minimum atomic E-state index is -3.37. The normalized spacial score (nSPS) is 9.82. The van der Waals surface area contributed by atoms with Crippen LogP contribution in [0.5, 0.6) is 17.2 Å². The van der Waals surface area contributed by atoms with Crippen molar-refractivity contribution in [2.45, 2.75) is 0 Å². The monoisotopic (exact) mass is 697 g/mol. The van der Waals surface area contributed by atoms with E-state index in [1.807, 2.05) is 0 Å². The van der Waals surface area contributed by atoms with Crippen molar-refractivity contribution in [3.63, 3.8) is 0 Å². The van der Waals surface area contributed by atoms with Crippen molar-refractivity contribution in [3.05, 3.63) is 84.7 Å². The second kappa shape index (κ2) is 23.5. The molecule has 0 unspecified atom stereocenters. The lowest BCUT2D eigenvalue weighted by molar-refractivity contribution is -0.407. The number of hydrogen-bond acceptors (Lipinski definition) is 9.